The fraction of sp³-hybridized carbons (Fsp3) is 0.0588. The molecule has 4 nitrogen and oxygen atoms in total. The first-order valence-electron chi connectivity index (χ1n) is 6.55. The van der Waals surface area contributed by atoms with Crippen molar-refractivity contribution in [1.82, 2.24) is 0 Å². The van der Waals surface area contributed by atoms with Crippen LogP contribution in [0.5, 0.6) is 5.75 Å². The molecule has 0 bridgehead atoms. The number of amides is 1. The highest BCUT2D eigenvalue weighted by Crippen LogP contribution is 2.23. The maximum Gasteiger partial charge on any atom is 0.266 e. The Labute approximate surface area is 147 Å². The number of rotatable bonds is 4. The molecule has 116 valence electrons. The number of nitrogens with zero attached hydrogens (tertiary/aromatic N) is 1. The van der Waals surface area contributed by atoms with E-state index in [0.29, 0.717) is 22.0 Å². The largest absolute Gasteiger partial charge is 0.497 e. The Balaban J connectivity index is 2.24. The van der Waals surface area contributed by atoms with Crippen LogP contribution in [0.4, 0.5) is 5.69 Å². The van der Waals surface area contributed by atoms with Crippen LogP contribution in [0.25, 0.3) is 6.08 Å². The second-order valence-electron chi connectivity index (χ2n) is 4.56. The van der Waals surface area contributed by atoms with Crippen LogP contribution in [0.15, 0.2) is 52.5 Å². The molecule has 0 radical (unpaired) electrons. The number of nitrogens with one attached hydrogen (secondary N) is 1. The van der Waals surface area contributed by atoms with Gasteiger partial charge in [0.05, 0.1) is 7.11 Å². The van der Waals surface area contributed by atoms with Gasteiger partial charge in [0.15, 0.2) is 0 Å². The van der Waals surface area contributed by atoms with Crippen molar-refractivity contribution in [3.63, 3.8) is 0 Å². The van der Waals surface area contributed by atoms with Crippen LogP contribution in [0, 0.1) is 11.3 Å². The van der Waals surface area contributed by atoms with Gasteiger partial charge in [-0.1, -0.05) is 27.5 Å². The quantitative estimate of drug-likeness (QED) is 0.609. The molecule has 0 saturated heterocycles. The van der Waals surface area contributed by atoms with Gasteiger partial charge in [0.25, 0.3) is 5.91 Å². The third-order valence-corrected chi connectivity index (χ3v) is 3.65. The highest BCUT2D eigenvalue weighted by Gasteiger charge is 2.10. The molecule has 6 heteroatoms. The molecule has 0 atom stereocenters. The van der Waals surface area contributed by atoms with Crippen LogP contribution < -0.4 is 10.1 Å². The summed E-state index contributed by atoms with van der Waals surface area (Å²) in [6.07, 6.45) is 1.46. The Morgan fingerprint density at radius 1 is 1.30 bits per heavy atom. The van der Waals surface area contributed by atoms with Gasteiger partial charge in [-0.25, -0.2) is 0 Å². The second kappa shape index (κ2) is 7.82. The molecule has 0 aromatic heterocycles. The lowest BCUT2D eigenvalue weighted by Gasteiger charge is -2.05. The lowest BCUT2D eigenvalue weighted by atomic mass is 10.1. The first-order chi connectivity index (χ1) is 11.0. The highest BCUT2D eigenvalue weighted by molar-refractivity contribution is 9.10. The Kier molecular flexibility index (Phi) is 5.80. The van der Waals surface area contributed by atoms with Gasteiger partial charge in [0.2, 0.25) is 0 Å². The Morgan fingerprint density at radius 2 is 2.00 bits per heavy atom. The second-order valence-corrected chi connectivity index (χ2v) is 5.91. The zero-order valence-electron chi connectivity index (χ0n) is 12.1. The summed E-state index contributed by atoms with van der Waals surface area (Å²) in [5, 5.41) is 12.4. The fourth-order valence-corrected chi connectivity index (χ4v) is 2.33. The van der Waals surface area contributed by atoms with Crippen molar-refractivity contribution in [2.45, 2.75) is 0 Å². The van der Waals surface area contributed by atoms with Crippen molar-refractivity contribution >= 4 is 45.2 Å². The normalized spacial score (nSPS) is 10.8. The maximum atomic E-state index is 12.2. The number of carbonyl (C=O) groups is 1. The molecule has 0 aliphatic heterocycles. The number of anilines is 1. The van der Waals surface area contributed by atoms with Crippen molar-refractivity contribution in [1.29, 1.82) is 5.26 Å². The van der Waals surface area contributed by atoms with Crippen molar-refractivity contribution < 1.29 is 9.53 Å². The Hall–Kier alpha value is -2.29. The Morgan fingerprint density at radius 3 is 2.61 bits per heavy atom. The number of hydrogen-bond donors (Lipinski definition) is 1. The van der Waals surface area contributed by atoms with E-state index >= 15 is 0 Å². The number of benzene rings is 2. The minimum absolute atomic E-state index is 0.0303. The van der Waals surface area contributed by atoms with Gasteiger partial charge in [-0.2, -0.15) is 5.26 Å². The first kappa shape index (κ1) is 17.1. The van der Waals surface area contributed by atoms with E-state index < -0.39 is 5.91 Å². The zero-order valence-corrected chi connectivity index (χ0v) is 14.5. The summed E-state index contributed by atoms with van der Waals surface area (Å²) >= 11 is 9.30. The van der Waals surface area contributed by atoms with E-state index in [9.17, 15) is 10.1 Å². The summed E-state index contributed by atoms with van der Waals surface area (Å²) in [4.78, 5) is 12.2. The van der Waals surface area contributed by atoms with Crippen molar-refractivity contribution in [2.75, 3.05) is 12.4 Å². The molecule has 0 saturated carbocycles. The number of nitriles is 1. The number of carbonyl (C=O) groups excluding carboxylic acids is 1. The summed E-state index contributed by atoms with van der Waals surface area (Å²) in [5.41, 5.74) is 1.18. The van der Waals surface area contributed by atoms with Crippen LogP contribution in [0.2, 0.25) is 5.02 Å². The zero-order chi connectivity index (χ0) is 16.8. The summed E-state index contributed by atoms with van der Waals surface area (Å²) in [5.74, 6) is 0.0584. The molecule has 0 aliphatic carbocycles. The van der Waals surface area contributed by atoms with Crippen LogP contribution >= 0.6 is 27.5 Å². The average molecular weight is 392 g/mol. The van der Waals surface area contributed by atoms with Gasteiger partial charge in [0.1, 0.15) is 17.4 Å². The average Bonchev–Trinajstić information content (AvgIpc) is 2.54. The lowest BCUT2D eigenvalue weighted by molar-refractivity contribution is -0.112. The van der Waals surface area contributed by atoms with Gasteiger partial charge < -0.3 is 10.1 Å². The van der Waals surface area contributed by atoms with Crippen LogP contribution in [0.3, 0.4) is 0 Å². The van der Waals surface area contributed by atoms with Gasteiger partial charge in [-0.15, -0.1) is 0 Å². The summed E-state index contributed by atoms with van der Waals surface area (Å²) in [6.45, 7) is 0. The lowest BCUT2D eigenvalue weighted by Crippen LogP contribution is -2.13. The number of halogens is 2. The molecule has 2 rings (SSSR count). The Bertz CT molecular complexity index is 795. The van der Waals surface area contributed by atoms with Gasteiger partial charge >= 0.3 is 0 Å². The molecule has 23 heavy (non-hydrogen) atoms. The molecule has 1 N–H and O–H groups in total. The smallest absolute Gasteiger partial charge is 0.266 e. The monoisotopic (exact) mass is 390 g/mol. The first-order valence-corrected chi connectivity index (χ1v) is 7.72. The minimum atomic E-state index is -0.492. The number of methoxy groups -OCH3 is 1. The van der Waals surface area contributed by atoms with Gasteiger partial charge in [-0.3, -0.25) is 4.79 Å². The molecule has 0 fully saturated rings. The minimum Gasteiger partial charge on any atom is -0.497 e. The third-order valence-electron chi connectivity index (χ3n) is 2.91. The van der Waals surface area contributed by atoms with E-state index in [1.165, 1.54) is 13.2 Å². The van der Waals surface area contributed by atoms with E-state index in [0.717, 1.165) is 4.47 Å². The van der Waals surface area contributed by atoms with Crippen molar-refractivity contribution in [2.24, 2.45) is 0 Å². The van der Waals surface area contributed by atoms with Gasteiger partial charge in [-0.05, 0) is 54.1 Å². The van der Waals surface area contributed by atoms with E-state index in [-0.39, 0.29) is 5.57 Å². The summed E-state index contributed by atoms with van der Waals surface area (Å²) < 4.78 is 6.02. The SMILES string of the molecule is COc1cc(Cl)cc(/C=C(\C#N)C(=O)Nc2ccc(Br)cc2)c1. The predicted molar refractivity (Wildman–Crippen MR) is 94.4 cm³/mol. The van der Waals surface area contributed by atoms with Crippen LogP contribution in [-0.2, 0) is 4.79 Å². The van der Waals surface area contributed by atoms with E-state index in [4.69, 9.17) is 16.3 Å². The highest BCUT2D eigenvalue weighted by atomic mass is 79.9. The van der Waals surface area contributed by atoms with E-state index in [2.05, 4.69) is 21.2 Å². The number of ether oxygens (including phenoxy) is 1. The fourth-order valence-electron chi connectivity index (χ4n) is 1.83. The predicted octanol–water partition coefficient (Wildman–Crippen LogP) is 4.66. The van der Waals surface area contributed by atoms with Crippen LogP contribution in [0.1, 0.15) is 5.56 Å². The summed E-state index contributed by atoms with van der Waals surface area (Å²) in [7, 11) is 1.52. The van der Waals surface area contributed by atoms with E-state index in [1.807, 2.05) is 6.07 Å². The molecule has 0 heterocycles. The number of hydrogen-bond acceptors (Lipinski definition) is 3. The third kappa shape index (κ3) is 4.85. The molecular weight excluding hydrogens is 380 g/mol. The van der Waals surface area contributed by atoms with E-state index in [1.54, 1.807) is 42.5 Å². The van der Waals surface area contributed by atoms with Crippen LogP contribution in [-0.4, -0.2) is 13.0 Å². The maximum absolute atomic E-state index is 12.2. The molecule has 1 amide bonds. The molecular formula is C17H12BrClN2O2. The molecule has 0 unspecified atom stereocenters. The summed E-state index contributed by atoms with van der Waals surface area (Å²) in [6, 6.07) is 13.9. The topological polar surface area (TPSA) is 62.1 Å². The molecule has 2 aromatic rings. The van der Waals surface area contributed by atoms with Crippen molar-refractivity contribution in [3.05, 3.63) is 63.1 Å². The van der Waals surface area contributed by atoms with Crippen molar-refractivity contribution in [3.8, 4) is 11.8 Å². The molecule has 2 aromatic carbocycles. The molecule has 0 spiro atoms. The standard InChI is InChI=1S/C17H12BrClN2O2/c1-23-16-8-11(7-14(19)9-16)6-12(10-20)17(22)21-15-4-2-13(18)3-5-15/h2-9H,1H3,(H,21,22)/b12-6+. The van der Waals surface area contributed by atoms with Gasteiger partial charge in [0, 0.05) is 15.2 Å². The molecule has 0 aliphatic rings.